The zero-order valence-corrected chi connectivity index (χ0v) is 15.3. The number of morpholine rings is 1. The molecule has 1 atom stereocenters. The third kappa shape index (κ3) is 3.64. The van der Waals surface area contributed by atoms with Crippen molar-refractivity contribution in [3.05, 3.63) is 54.0 Å². The normalized spacial score (nSPS) is 17.4. The topological polar surface area (TPSA) is 86.3 Å². The van der Waals surface area contributed by atoms with E-state index in [-0.39, 0.29) is 18.4 Å². The molecule has 1 aromatic carbocycles. The maximum atomic E-state index is 11.0. The van der Waals surface area contributed by atoms with Crippen LogP contribution in [0.2, 0.25) is 0 Å². The lowest BCUT2D eigenvalue weighted by Crippen LogP contribution is -2.44. The predicted octanol–water partition coefficient (Wildman–Crippen LogP) is 1.73. The van der Waals surface area contributed by atoms with E-state index in [0.29, 0.717) is 19.8 Å². The van der Waals surface area contributed by atoms with Gasteiger partial charge in [-0.3, -0.25) is 4.79 Å². The van der Waals surface area contributed by atoms with Crippen molar-refractivity contribution in [1.82, 2.24) is 14.5 Å². The van der Waals surface area contributed by atoms with Gasteiger partial charge in [0.25, 0.3) is 0 Å². The Balaban J connectivity index is 1.60. The van der Waals surface area contributed by atoms with Gasteiger partial charge in [0.2, 0.25) is 5.91 Å². The van der Waals surface area contributed by atoms with Crippen LogP contribution < -0.4 is 10.6 Å². The minimum Gasteiger partial charge on any atom is -0.377 e. The number of hydrogen-bond donors (Lipinski definition) is 1. The first-order valence-electron chi connectivity index (χ1n) is 9.12. The van der Waals surface area contributed by atoms with E-state index in [1.54, 1.807) is 6.33 Å². The molecule has 7 nitrogen and oxygen atoms in total. The van der Waals surface area contributed by atoms with Crippen LogP contribution >= 0.6 is 0 Å². The number of rotatable bonds is 5. The second-order valence-electron chi connectivity index (χ2n) is 6.96. The lowest BCUT2D eigenvalue weighted by atomic mass is 10.1. The first-order chi connectivity index (χ1) is 13.1. The maximum absolute atomic E-state index is 11.0. The summed E-state index contributed by atoms with van der Waals surface area (Å²) in [5.41, 5.74) is 8.23. The highest BCUT2D eigenvalue weighted by Crippen LogP contribution is 2.27. The fourth-order valence-corrected chi connectivity index (χ4v) is 3.55. The van der Waals surface area contributed by atoms with Crippen molar-refractivity contribution < 1.29 is 9.53 Å². The zero-order valence-electron chi connectivity index (χ0n) is 15.3. The summed E-state index contributed by atoms with van der Waals surface area (Å²) in [5, 5.41) is 1.05. The summed E-state index contributed by atoms with van der Waals surface area (Å²) >= 11 is 0. The van der Waals surface area contributed by atoms with Gasteiger partial charge in [0, 0.05) is 19.3 Å². The highest BCUT2D eigenvalue weighted by molar-refractivity contribution is 5.88. The van der Waals surface area contributed by atoms with Crippen LogP contribution in [0.1, 0.15) is 18.1 Å². The molecule has 1 aliphatic heterocycles. The monoisotopic (exact) mass is 365 g/mol. The third-order valence-corrected chi connectivity index (χ3v) is 4.93. The quantitative estimate of drug-likeness (QED) is 0.744. The highest BCUT2D eigenvalue weighted by atomic mass is 16.5. The van der Waals surface area contributed by atoms with Gasteiger partial charge in [0.05, 0.1) is 31.1 Å². The summed E-state index contributed by atoms with van der Waals surface area (Å²) in [4.78, 5) is 22.4. The standard InChI is InChI=1S/C20H23N5O2/c1-14-12-27-9-8-25(14)20-17-6-7-24(19(17)22-13-23-20)11-16-4-2-15(3-5-16)10-18(21)26/h2-7,13-14H,8-12H2,1H3,(H2,21,26). The number of hydrogen-bond acceptors (Lipinski definition) is 5. The number of nitrogens with zero attached hydrogens (tertiary/aromatic N) is 4. The van der Waals surface area contributed by atoms with E-state index in [1.165, 1.54) is 0 Å². The average Bonchev–Trinajstić information content (AvgIpc) is 3.06. The van der Waals surface area contributed by atoms with Gasteiger partial charge in [0.15, 0.2) is 0 Å². The Hall–Kier alpha value is -2.93. The number of benzene rings is 1. The van der Waals surface area contributed by atoms with E-state index in [0.717, 1.165) is 34.5 Å². The lowest BCUT2D eigenvalue weighted by Gasteiger charge is -2.34. The molecule has 2 N–H and O–H groups in total. The molecule has 27 heavy (non-hydrogen) atoms. The Morgan fingerprint density at radius 1 is 1.22 bits per heavy atom. The first-order valence-corrected chi connectivity index (χ1v) is 9.12. The molecule has 1 fully saturated rings. The number of anilines is 1. The first kappa shape index (κ1) is 17.5. The molecular formula is C20H23N5O2. The molecule has 0 spiro atoms. The van der Waals surface area contributed by atoms with Crippen molar-refractivity contribution >= 4 is 22.8 Å². The van der Waals surface area contributed by atoms with E-state index in [4.69, 9.17) is 10.5 Å². The van der Waals surface area contributed by atoms with Crippen molar-refractivity contribution in [2.45, 2.75) is 25.9 Å². The smallest absolute Gasteiger partial charge is 0.221 e. The minimum atomic E-state index is -0.319. The number of aromatic nitrogens is 3. The Morgan fingerprint density at radius 2 is 2.00 bits per heavy atom. The number of amides is 1. The van der Waals surface area contributed by atoms with Crippen LogP contribution in [0.5, 0.6) is 0 Å². The summed E-state index contributed by atoms with van der Waals surface area (Å²) in [6.07, 6.45) is 3.94. The largest absolute Gasteiger partial charge is 0.377 e. The Kier molecular flexibility index (Phi) is 4.77. The van der Waals surface area contributed by atoms with E-state index in [1.807, 2.05) is 30.5 Å². The summed E-state index contributed by atoms with van der Waals surface area (Å²) < 4.78 is 7.66. The molecule has 1 amide bonds. The van der Waals surface area contributed by atoms with E-state index < -0.39 is 0 Å². The van der Waals surface area contributed by atoms with Gasteiger partial charge in [-0.2, -0.15) is 0 Å². The van der Waals surface area contributed by atoms with Crippen molar-refractivity contribution in [2.75, 3.05) is 24.7 Å². The van der Waals surface area contributed by atoms with Crippen LogP contribution in [-0.2, 0) is 22.5 Å². The molecule has 140 valence electrons. The van der Waals surface area contributed by atoms with E-state index >= 15 is 0 Å². The van der Waals surface area contributed by atoms with Gasteiger partial charge in [-0.15, -0.1) is 0 Å². The van der Waals surface area contributed by atoms with Crippen LogP contribution in [0, 0.1) is 0 Å². The van der Waals surface area contributed by atoms with Crippen molar-refractivity contribution in [1.29, 1.82) is 0 Å². The van der Waals surface area contributed by atoms with Gasteiger partial charge in [0.1, 0.15) is 17.8 Å². The van der Waals surface area contributed by atoms with Crippen molar-refractivity contribution in [2.24, 2.45) is 5.73 Å². The van der Waals surface area contributed by atoms with Crippen LogP contribution in [0.3, 0.4) is 0 Å². The van der Waals surface area contributed by atoms with Crippen LogP contribution in [0.4, 0.5) is 5.82 Å². The van der Waals surface area contributed by atoms with Gasteiger partial charge in [-0.05, 0) is 24.1 Å². The molecule has 0 bridgehead atoms. The molecule has 0 radical (unpaired) electrons. The van der Waals surface area contributed by atoms with Gasteiger partial charge < -0.3 is 19.9 Å². The lowest BCUT2D eigenvalue weighted by molar-refractivity contribution is -0.117. The SMILES string of the molecule is CC1COCCN1c1ncnc2c1ccn2Cc1ccc(CC(N)=O)cc1. The summed E-state index contributed by atoms with van der Waals surface area (Å²) in [6, 6.07) is 10.3. The number of ether oxygens (including phenoxy) is 1. The number of carbonyl (C=O) groups excluding carboxylic acids is 1. The predicted molar refractivity (Wildman–Crippen MR) is 104 cm³/mol. The Labute approximate surface area is 157 Å². The molecule has 3 heterocycles. The van der Waals surface area contributed by atoms with Crippen LogP contribution in [0.25, 0.3) is 11.0 Å². The van der Waals surface area contributed by atoms with Gasteiger partial charge in [-0.25, -0.2) is 9.97 Å². The number of primary amides is 1. The average molecular weight is 365 g/mol. The fraction of sp³-hybridized carbons (Fsp3) is 0.350. The second-order valence-corrected chi connectivity index (χ2v) is 6.96. The second kappa shape index (κ2) is 7.36. The number of fused-ring (bicyclic) bond motifs is 1. The molecular weight excluding hydrogens is 342 g/mol. The molecule has 7 heteroatoms. The molecule has 1 unspecified atom stereocenters. The molecule has 1 saturated heterocycles. The summed E-state index contributed by atoms with van der Waals surface area (Å²) in [6.45, 7) is 5.12. The highest BCUT2D eigenvalue weighted by Gasteiger charge is 2.23. The molecule has 2 aromatic heterocycles. The van der Waals surface area contributed by atoms with Crippen molar-refractivity contribution in [3.63, 3.8) is 0 Å². The third-order valence-electron chi connectivity index (χ3n) is 4.93. The number of nitrogens with two attached hydrogens (primary N) is 1. The van der Waals surface area contributed by atoms with Gasteiger partial charge in [-0.1, -0.05) is 24.3 Å². The van der Waals surface area contributed by atoms with Crippen LogP contribution in [-0.4, -0.2) is 46.2 Å². The fourth-order valence-electron chi connectivity index (χ4n) is 3.55. The molecule has 1 aliphatic rings. The van der Waals surface area contributed by atoms with Gasteiger partial charge >= 0.3 is 0 Å². The summed E-state index contributed by atoms with van der Waals surface area (Å²) in [5.74, 6) is 0.645. The molecule has 0 aliphatic carbocycles. The van der Waals surface area contributed by atoms with Crippen LogP contribution in [0.15, 0.2) is 42.9 Å². The summed E-state index contributed by atoms with van der Waals surface area (Å²) in [7, 11) is 0. The minimum absolute atomic E-state index is 0.265. The molecule has 0 saturated carbocycles. The maximum Gasteiger partial charge on any atom is 0.221 e. The molecule has 3 aromatic rings. The molecule has 4 rings (SSSR count). The Bertz CT molecular complexity index is 951. The number of carbonyl (C=O) groups is 1. The van der Waals surface area contributed by atoms with E-state index in [9.17, 15) is 4.79 Å². The Morgan fingerprint density at radius 3 is 2.74 bits per heavy atom. The zero-order chi connectivity index (χ0) is 18.8. The van der Waals surface area contributed by atoms with Crippen molar-refractivity contribution in [3.8, 4) is 0 Å². The van der Waals surface area contributed by atoms with E-state index in [2.05, 4.69) is 32.4 Å².